The number of hydrogen-bond donors (Lipinski definition) is 0. The topological polar surface area (TPSA) is 34.1 Å². The summed E-state index contributed by atoms with van der Waals surface area (Å²) in [5, 5.41) is 0. The Morgan fingerprint density at radius 3 is 1.23 bits per heavy atom. The average Bonchev–Trinajstić information content (AvgIpc) is 2.57. The van der Waals surface area contributed by atoms with Crippen LogP contribution in [0.5, 0.6) is 0 Å². The van der Waals surface area contributed by atoms with Crippen molar-refractivity contribution in [1.82, 2.24) is 0 Å². The summed E-state index contributed by atoms with van der Waals surface area (Å²) in [6.07, 6.45) is 0. The first-order valence-electron chi connectivity index (χ1n) is 8.38. The maximum atomic E-state index is 12.9. The van der Waals surface area contributed by atoms with Crippen LogP contribution >= 0.6 is 0 Å². The molecule has 0 aliphatic carbocycles. The average molecular weight is 520 g/mol. The molecule has 2 nitrogen and oxygen atoms in total. The first kappa shape index (κ1) is 22.1. The van der Waals surface area contributed by atoms with Crippen LogP contribution in [0.25, 0.3) is 0 Å². The SMILES string of the molecule is CC(C)(C)S(=O)c1ccccc1[Se][Se]c1ccccc1S(=O)C(C)(C)C. The Labute approximate surface area is 173 Å². The van der Waals surface area contributed by atoms with Gasteiger partial charge in [-0.2, -0.15) is 0 Å². The van der Waals surface area contributed by atoms with Crippen LogP contribution in [0.1, 0.15) is 41.5 Å². The summed E-state index contributed by atoms with van der Waals surface area (Å²) in [5.74, 6) is 0. The zero-order valence-electron chi connectivity index (χ0n) is 16.1. The van der Waals surface area contributed by atoms with Gasteiger partial charge in [-0.3, -0.25) is 0 Å². The molecule has 0 aliphatic rings. The number of benzene rings is 2. The summed E-state index contributed by atoms with van der Waals surface area (Å²) in [6, 6.07) is 16.2. The molecule has 0 radical (unpaired) electrons. The van der Waals surface area contributed by atoms with Gasteiger partial charge in [-0.25, -0.2) is 0 Å². The van der Waals surface area contributed by atoms with Crippen molar-refractivity contribution in [3.63, 3.8) is 0 Å². The Balaban J connectivity index is 2.29. The van der Waals surface area contributed by atoms with Crippen LogP contribution in [0.2, 0.25) is 0 Å². The van der Waals surface area contributed by atoms with Gasteiger partial charge in [0.15, 0.2) is 0 Å². The molecule has 142 valence electrons. The molecule has 0 spiro atoms. The molecular formula is C20H26O2S2Se2. The van der Waals surface area contributed by atoms with Gasteiger partial charge in [0.05, 0.1) is 0 Å². The van der Waals surface area contributed by atoms with E-state index in [9.17, 15) is 8.42 Å². The molecule has 0 N–H and O–H groups in total. The predicted octanol–water partition coefficient (Wildman–Crippen LogP) is 2.77. The Kier molecular flexibility index (Phi) is 7.52. The maximum absolute atomic E-state index is 12.9. The molecule has 2 unspecified atom stereocenters. The van der Waals surface area contributed by atoms with Crippen LogP contribution in [0.3, 0.4) is 0 Å². The van der Waals surface area contributed by atoms with Gasteiger partial charge in [0, 0.05) is 0 Å². The summed E-state index contributed by atoms with van der Waals surface area (Å²) >= 11 is 0.394. The van der Waals surface area contributed by atoms with E-state index in [0.717, 1.165) is 9.79 Å². The van der Waals surface area contributed by atoms with Crippen molar-refractivity contribution in [2.75, 3.05) is 0 Å². The van der Waals surface area contributed by atoms with E-state index >= 15 is 0 Å². The van der Waals surface area contributed by atoms with Gasteiger partial charge in [0.2, 0.25) is 0 Å². The molecule has 0 aromatic heterocycles. The Morgan fingerprint density at radius 2 is 0.923 bits per heavy atom. The zero-order valence-corrected chi connectivity index (χ0v) is 21.1. The van der Waals surface area contributed by atoms with E-state index in [1.165, 1.54) is 8.92 Å². The summed E-state index contributed by atoms with van der Waals surface area (Å²) in [6.45, 7) is 12.1. The third-order valence-electron chi connectivity index (χ3n) is 3.43. The van der Waals surface area contributed by atoms with Crippen LogP contribution in [-0.4, -0.2) is 44.2 Å². The molecule has 0 saturated carbocycles. The van der Waals surface area contributed by atoms with Gasteiger partial charge in [-0.15, -0.1) is 0 Å². The molecule has 0 aliphatic heterocycles. The quantitative estimate of drug-likeness (QED) is 0.569. The minimum atomic E-state index is -1.03. The number of rotatable bonds is 5. The van der Waals surface area contributed by atoms with Crippen molar-refractivity contribution >= 4 is 56.8 Å². The number of hydrogen-bond acceptors (Lipinski definition) is 2. The fraction of sp³-hybridized carbons (Fsp3) is 0.400. The van der Waals surface area contributed by atoms with Crippen molar-refractivity contribution in [2.24, 2.45) is 0 Å². The van der Waals surface area contributed by atoms with Crippen molar-refractivity contribution in [3.8, 4) is 0 Å². The second-order valence-corrected chi connectivity index (χ2v) is 18.4. The molecule has 26 heavy (non-hydrogen) atoms. The monoisotopic (exact) mass is 522 g/mol. The van der Waals surface area contributed by atoms with Crippen LogP contribution in [0.4, 0.5) is 0 Å². The van der Waals surface area contributed by atoms with E-state index in [2.05, 4.69) is 12.1 Å². The molecule has 0 amide bonds. The first-order chi connectivity index (χ1) is 12.0. The summed E-state index contributed by atoms with van der Waals surface area (Å²) in [4.78, 5) is 1.91. The van der Waals surface area contributed by atoms with Gasteiger partial charge in [-0.05, 0) is 0 Å². The van der Waals surface area contributed by atoms with Gasteiger partial charge in [-0.1, -0.05) is 0 Å². The summed E-state index contributed by atoms with van der Waals surface area (Å²) in [7, 11) is -2.07. The van der Waals surface area contributed by atoms with E-state index in [-0.39, 0.29) is 35.8 Å². The molecule has 0 fully saturated rings. The van der Waals surface area contributed by atoms with Crippen molar-refractivity contribution in [3.05, 3.63) is 48.5 Å². The van der Waals surface area contributed by atoms with Crippen LogP contribution in [0, 0.1) is 0 Å². The summed E-state index contributed by atoms with van der Waals surface area (Å²) in [5.41, 5.74) is 0. The molecule has 2 aromatic carbocycles. The van der Waals surface area contributed by atoms with Crippen LogP contribution in [0.15, 0.2) is 58.3 Å². The fourth-order valence-electron chi connectivity index (χ4n) is 2.09. The van der Waals surface area contributed by atoms with Crippen molar-refractivity contribution < 1.29 is 8.42 Å². The normalized spacial score (nSPS) is 14.8. The summed E-state index contributed by atoms with van der Waals surface area (Å²) < 4.78 is 27.6. The first-order valence-corrected chi connectivity index (χ1v) is 16.7. The van der Waals surface area contributed by atoms with Crippen molar-refractivity contribution in [1.29, 1.82) is 0 Å². The predicted molar refractivity (Wildman–Crippen MR) is 116 cm³/mol. The Morgan fingerprint density at radius 1 is 0.615 bits per heavy atom. The standard InChI is InChI=1S/C20H26O2S2Se2/c1-19(2,3)23(21)15-11-7-9-13-17(15)25-26-18-14-10-8-12-16(18)24(22)20(4,5)6/h7-14H,1-6H3. The van der Waals surface area contributed by atoms with Gasteiger partial charge < -0.3 is 0 Å². The Bertz CT molecular complexity index is 752. The van der Waals surface area contributed by atoms with Gasteiger partial charge >= 0.3 is 175 Å². The molecule has 2 rings (SSSR count). The third-order valence-corrected chi connectivity index (χ3v) is 15.0. The van der Waals surface area contributed by atoms with E-state index in [1.54, 1.807) is 0 Å². The molecule has 2 aromatic rings. The van der Waals surface area contributed by atoms with Gasteiger partial charge in [0.1, 0.15) is 0 Å². The molecule has 2 atom stereocenters. The molecule has 0 bridgehead atoms. The zero-order chi connectivity index (χ0) is 19.5. The van der Waals surface area contributed by atoms with Crippen LogP contribution in [-0.2, 0) is 21.6 Å². The van der Waals surface area contributed by atoms with Crippen molar-refractivity contribution in [2.45, 2.75) is 60.8 Å². The Hall–Kier alpha value is -0.221. The van der Waals surface area contributed by atoms with E-state index in [1.807, 2.05) is 77.9 Å². The van der Waals surface area contributed by atoms with E-state index in [0.29, 0.717) is 0 Å². The minimum absolute atomic E-state index is 0.197. The van der Waals surface area contributed by atoms with E-state index in [4.69, 9.17) is 0 Å². The van der Waals surface area contributed by atoms with E-state index < -0.39 is 21.6 Å². The van der Waals surface area contributed by atoms with Crippen LogP contribution < -0.4 is 8.92 Å². The second kappa shape index (κ2) is 8.85. The van der Waals surface area contributed by atoms with Gasteiger partial charge in [0.25, 0.3) is 0 Å². The third kappa shape index (κ3) is 5.64. The molecule has 0 heterocycles. The molecule has 0 saturated heterocycles. The molecule has 6 heteroatoms. The molecular weight excluding hydrogens is 494 g/mol. The fourth-order valence-corrected chi connectivity index (χ4v) is 13.6. The second-order valence-electron chi connectivity index (χ2n) is 7.82.